The highest BCUT2D eigenvalue weighted by molar-refractivity contribution is 6.02. The molecule has 0 unspecified atom stereocenters. The third-order valence-electron chi connectivity index (χ3n) is 3.94. The highest BCUT2D eigenvalue weighted by Crippen LogP contribution is 2.26. The Morgan fingerprint density at radius 3 is 2.42 bits per heavy atom. The number of carbonyl (C=O) groups excluding carboxylic acids is 1. The average Bonchev–Trinajstić information content (AvgIpc) is 3.16. The van der Waals surface area contributed by atoms with Crippen LogP contribution in [0.1, 0.15) is 28.8 Å². The highest BCUT2D eigenvalue weighted by Gasteiger charge is 2.12. The van der Waals surface area contributed by atoms with E-state index in [4.69, 9.17) is 13.9 Å². The molecule has 0 aliphatic rings. The van der Waals surface area contributed by atoms with Crippen molar-refractivity contribution in [2.45, 2.75) is 20.0 Å². The minimum absolute atomic E-state index is 0.207. The number of benzene rings is 2. The molecule has 0 fully saturated rings. The number of hydrogen-bond donors (Lipinski definition) is 1. The van der Waals surface area contributed by atoms with Crippen LogP contribution in [0, 0.1) is 0 Å². The lowest BCUT2D eigenvalue weighted by atomic mass is 10.1. The summed E-state index contributed by atoms with van der Waals surface area (Å²) in [5.74, 6) is 1.77. The van der Waals surface area contributed by atoms with Crippen molar-refractivity contribution < 1.29 is 18.7 Å². The number of hydrogen-bond acceptors (Lipinski definition) is 4. The first-order valence-corrected chi connectivity index (χ1v) is 8.44. The maximum absolute atomic E-state index is 12.3. The summed E-state index contributed by atoms with van der Waals surface area (Å²) in [5, 5.41) is 2.82. The molecule has 1 aromatic heterocycles. The zero-order chi connectivity index (χ0) is 18.4. The van der Waals surface area contributed by atoms with Crippen molar-refractivity contribution in [2.24, 2.45) is 0 Å². The average molecular weight is 351 g/mol. The van der Waals surface area contributed by atoms with Crippen LogP contribution in [0.3, 0.4) is 0 Å². The van der Waals surface area contributed by atoms with Gasteiger partial charge in [-0.25, -0.2) is 0 Å². The van der Waals surface area contributed by atoms with Crippen LogP contribution in [0.2, 0.25) is 0 Å². The Morgan fingerprint density at radius 1 is 1.00 bits per heavy atom. The van der Waals surface area contributed by atoms with Crippen molar-refractivity contribution in [3.8, 4) is 11.5 Å². The first-order chi connectivity index (χ1) is 12.7. The summed E-state index contributed by atoms with van der Waals surface area (Å²) < 4.78 is 16.5. The first-order valence-electron chi connectivity index (χ1n) is 8.44. The molecular formula is C21H21NO4. The molecule has 1 amide bonds. The quantitative estimate of drug-likeness (QED) is 0.671. The molecule has 3 aromatic rings. The number of ether oxygens (including phenoxy) is 2. The number of para-hydroxylation sites is 2. The second kappa shape index (κ2) is 8.25. The summed E-state index contributed by atoms with van der Waals surface area (Å²) in [6.45, 7) is 2.30. The molecule has 1 N–H and O–H groups in total. The summed E-state index contributed by atoms with van der Waals surface area (Å²) >= 11 is 0. The lowest BCUT2D eigenvalue weighted by molar-refractivity contribution is 0.0992. The van der Waals surface area contributed by atoms with Crippen molar-refractivity contribution in [2.75, 3.05) is 12.4 Å². The van der Waals surface area contributed by atoms with Crippen LogP contribution in [-0.2, 0) is 13.0 Å². The van der Waals surface area contributed by atoms with Gasteiger partial charge in [0.2, 0.25) is 0 Å². The molecule has 5 heteroatoms. The second-order valence-corrected chi connectivity index (χ2v) is 5.71. The molecule has 5 nitrogen and oxygen atoms in total. The van der Waals surface area contributed by atoms with E-state index in [-0.39, 0.29) is 18.3 Å². The molecule has 0 saturated heterocycles. The Labute approximate surface area is 152 Å². The summed E-state index contributed by atoms with van der Waals surface area (Å²) in [7, 11) is 1.59. The minimum atomic E-state index is -0.294. The molecule has 0 aliphatic heterocycles. The summed E-state index contributed by atoms with van der Waals surface area (Å²) in [6.07, 6.45) is 0.960. The van der Waals surface area contributed by atoms with E-state index in [1.807, 2.05) is 48.5 Å². The van der Waals surface area contributed by atoms with Gasteiger partial charge in [-0.1, -0.05) is 31.2 Å². The number of anilines is 1. The van der Waals surface area contributed by atoms with E-state index >= 15 is 0 Å². The Bertz CT molecular complexity index is 868. The smallest absolute Gasteiger partial charge is 0.291 e. The number of furan rings is 1. The number of methoxy groups -OCH3 is 1. The van der Waals surface area contributed by atoms with E-state index in [9.17, 15) is 4.79 Å². The zero-order valence-corrected chi connectivity index (χ0v) is 14.8. The fraction of sp³-hybridized carbons (Fsp3) is 0.190. The minimum Gasteiger partial charge on any atom is -0.493 e. The number of rotatable bonds is 7. The van der Waals surface area contributed by atoms with Crippen LogP contribution in [0.4, 0.5) is 5.69 Å². The van der Waals surface area contributed by atoms with Gasteiger partial charge in [-0.15, -0.1) is 0 Å². The Balaban J connectivity index is 1.60. The second-order valence-electron chi connectivity index (χ2n) is 5.71. The third-order valence-corrected chi connectivity index (χ3v) is 3.94. The standard InChI is InChI=1S/C21H21NO4/c1-3-15-8-10-16(11-9-15)22-21(23)20-13-12-17(26-20)14-25-19-7-5-4-6-18(19)24-2/h4-13H,3,14H2,1-2H3,(H,22,23). The van der Waals surface area contributed by atoms with E-state index in [2.05, 4.69) is 12.2 Å². The first kappa shape index (κ1) is 17.6. The van der Waals surface area contributed by atoms with Crippen LogP contribution in [0.25, 0.3) is 0 Å². The van der Waals surface area contributed by atoms with Gasteiger partial charge in [-0.3, -0.25) is 4.79 Å². The molecule has 0 bridgehead atoms. The Hall–Kier alpha value is -3.21. The van der Waals surface area contributed by atoms with Gasteiger partial charge in [0.25, 0.3) is 5.91 Å². The van der Waals surface area contributed by atoms with E-state index in [0.717, 1.165) is 12.1 Å². The Morgan fingerprint density at radius 2 is 1.73 bits per heavy atom. The van der Waals surface area contributed by atoms with Gasteiger partial charge in [0.15, 0.2) is 17.3 Å². The molecule has 0 spiro atoms. The molecular weight excluding hydrogens is 330 g/mol. The van der Waals surface area contributed by atoms with Crippen LogP contribution in [-0.4, -0.2) is 13.0 Å². The van der Waals surface area contributed by atoms with Gasteiger partial charge in [-0.2, -0.15) is 0 Å². The predicted octanol–water partition coefficient (Wildman–Crippen LogP) is 4.68. The molecule has 0 aliphatic carbocycles. The van der Waals surface area contributed by atoms with Gasteiger partial charge in [0.05, 0.1) is 7.11 Å². The molecule has 0 saturated carbocycles. The van der Waals surface area contributed by atoms with Gasteiger partial charge in [0, 0.05) is 5.69 Å². The van der Waals surface area contributed by atoms with Crippen molar-refractivity contribution in [1.82, 2.24) is 0 Å². The normalized spacial score (nSPS) is 10.4. The third kappa shape index (κ3) is 4.25. The lowest BCUT2D eigenvalue weighted by Gasteiger charge is -2.08. The van der Waals surface area contributed by atoms with Gasteiger partial charge >= 0.3 is 0 Å². The topological polar surface area (TPSA) is 60.7 Å². The van der Waals surface area contributed by atoms with Crippen molar-refractivity contribution in [3.05, 3.63) is 77.7 Å². The molecule has 3 rings (SSSR count). The van der Waals surface area contributed by atoms with E-state index in [1.165, 1.54) is 5.56 Å². The SMILES string of the molecule is CCc1ccc(NC(=O)c2ccc(COc3ccccc3OC)o2)cc1. The van der Waals surface area contributed by atoms with Crippen molar-refractivity contribution in [1.29, 1.82) is 0 Å². The molecule has 26 heavy (non-hydrogen) atoms. The monoisotopic (exact) mass is 351 g/mol. The van der Waals surface area contributed by atoms with E-state index in [0.29, 0.717) is 17.3 Å². The highest BCUT2D eigenvalue weighted by atomic mass is 16.5. The van der Waals surface area contributed by atoms with Gasteiger partial charge in [0.1, 0.15) is 12.4 Å². The summed E-state index contributed by atoms with van der Waals surface area (Å²) in [4.78, 5) is 12.3. The number of aryl methyl sites for hydroxylation is 1. The van der Waals surface area contributed by atoms with Crippen molar-refractivity contribution in [3.63, 3.8) is 0 Å². The molecule has 0 atom stereocenters. The fourth-order valence-corrected chi connectivity index (χ4v) is 2.48. The van der Waals surface area contributed by atoms with Crippen LogP contribution in [0.15, 0.2) is 65.1 Å². The maximum atomic E-state index is 12.3. The lowest BCUT2D eigenvalue weighted by Crippen LogP contribution is -2.10. The summed E-state index contributed by atoms with van der Waals surface area (Å²) in [6, 6.07) is 18.5. The van der Waals surface area contributed by atoms with Crippen LogP contribution in [0.5, 0.6) is 11.5 Å². The number of nitrogens with one attached hydrogen (secondary N) is 1. The zero-order valence-electron chi connectivity index (χ0n) is 14.8. The number of amides is 1. The molecule has 0 radical (unpaired) electrons. The maximum Gasteiger partial charge on any atom is 0.291 e. The molecule has 2 aromatic carbocycles. The largest absolute Gasteiger partial charge is 0.493 e. The van der Waals surface area contributed by atoms with Gasteiger partial charge < -0.3 is 19.2 Å². The van der Waals surface area contributed by atoms with E-state index in [1.54, 1.807) is 19.2 Å². The van der Waals surface area contributed by atoms with E-state index < -0.39 is 0 Å². The number of carbonyl (C=O) groups is 1. The van der Waals surface area contributed by atoms with Crippen LogP contribution < -0.4 is 14.8 Å². The molecule has 134 valence electrons. The Kier molecular flexibility index (Phi) is 5.59. The molecule has 1 heterocycles. The van der Waals surface area contributed by atoms with Crippen molar-refractivity contribution >= 4 is 11.6 Å². The summed E-state index contributed by atoms with van der Waals surface area (Å²) in [5.41, 5.74) is 1.95. The van der Waals surface area contributed by atoms with Gasteiger partial charge in [-0.05, 0) is 48.4 Å². The fourth-order valence-electron chi connectivity index (χ4n) is 2.48. The predicted molar refractivity (Wildman–Crippen MR) is 99.8 cm³/mol. The van der Waals surface area contributed by atoms with Crippen LogP contribution >= 0.6 is 0 Å².